The zero-order valence-corrected chi connectivity index (χ0v) is 9.58. The smallest absolute Gasteiger partial charge is 0.226 e. The highest BCUT2D eigenvalue weighted by Crippen LogP contribution is 2.26. The van der Waals surface area contributed by atoms with Crippen molar-refractivity contribution in [2.45, 2.75) is 13.3 Å². The van der Waals surface area contributed by atoms with E-state index in [1.807, 2.05) is 0 Å². The number of hydrogen-bond donors (Lipinski definition) is 2. The molecule has 0 aliphatic carbocycles. The predicted molar refractivity (Wildman–Crippen MR) is 64.6 cm³/mol. The second kappa shape index (κ2) is 5.66. The molecule has 0 heterocycles. The van der Waals surface area contributed by atoms with Crippen molar-refractivity contribution in [3.05, 3.63) is 24.3 Å². The largest absolute Gasteiger partial charge is 0.506 e. The molecule has 0 saturated heterocycles. The third kappa shape index (κ3) is 2.89. The van der Waals surface area contributed by atoms with Gasteiger partial charge in [-0.3, -0.25) is 4.79 Å². The third-order valence-corrected chi connectivity index (χ3v) is 2.30. The zero-order chi connectivity index (χ0) is 11.3. The summed E-state index contributed by atoms with van der Waals surface area (Å²) in [5.74, 6) is 0.687. The molecule has 0 aliphatic heterocycles. The summed E-state index contributed by atoms with van der Waals surface area (Å²) in [7, 11) is 0. The molecule has 0 saturated carbocycles. The average molecular weight is 225 g/mol. The molecule has 82 valence electrons. The number of rotatable bonds is 4. The van der Waals surface area contributed by atoms with Crippen molar-refractivity contribution in [3.63, 3.8) is 0 Å². The van der Waals surface area contributed by atoms with Crippen LogP contribution in [0.15, 0.2) is 24.3 Å². The number of aromatic hydroxyl groups is 1. The van der Waals surface area contributed by atoms with E-state index in [0.29, 0.717) is 24.4 Å². The molecule has 0 atom stereocenters. The Balaban J connectivity index is 2.98. The Morgan fingerprint density at radius 2 is 2.13 bits per heavy atom. The molecule has 0 radical (unpaired) electrons. The lowest BCUT2D eigenvalue weighted by molar-refractivity contribution is -0.118. The Labute approximate surface area is 95.1 Å². The van der Waals surface area contributed by atoms with Crippen LogP contribution in [-0.4, -0.2) is 23.3 Å². The van der Waals surface area contributed by atoms with Crippen LogP contribution in [0.1, 0.15) is 13.3 Å². The molecule has 0 aromatic heterocycles. The van der Waals surface area contributed by atoms with Gasteiger partial charge in [-0.2, -0.15) is 12.6 Å². The Bertz CT molecular complexity index is 341. The monoisotopic (exact) mass is 225 g/mol. The van der Waals surface area contributed by atoms with Crippen LogP contribution in [0.4, 0.5) is 5.69 Å². The van der Waals surface area contributed by atoms with E-state index in [-0.39, 0.29) is 11.7 Å². The number of carbonyl (C=O) groups is 1. The van der Waals surface area contributed by atoms with E-state index in [9.17, 15) is 9.90 Å². The fourth-order valence-corrected chi connectivity index (χ4v) is 1.56. The first-order valence-electron chi connectivity index (χ1n) is 4.90. The lowest BCUT2D eigenvalue weighted by Gasteiger charge is -2.22. The number of carbonyl (C=O) groups excluding carboxylic acids is 1. The Kier molecular flexibility index (Phi) is 4.49. The van der Waals surface area contributed by atoms with Gasteiger partial charge in [-0.1, -0.05) is 19.1 Å². The number of thiol groups is 1. The third-order valence-electron chi connectivity index (χ3n) is 2.10. The fraction of sp³-hybridized carbons (Fsp3) is 0.364. The average Bonchev–Trinajstić information content (AvgIpc) is 2.26. The number of amides is 1. The van der Waals surface area contributed by atoms with Gasteiger partial charge in [0.2, 0.25) is 5.91 Å². The number of hydrogen-bond acceptors (Lipinski definition) is 3. The number of anilines is 1. The van der Waals surface area contributed by atoms with Crippen LogP contribution >= 0.6 is 12.6 Å². The highest BCUT2D eigenvalue weighted by Gasteiger charge is 2.15. The van der Waals surface area contributed by atoms with Crippen molar-refractivity contribution in [2.24, 2.45) is 0 Å². The SMILES string of the molecule is CCC(=O)N(CCS)c1ccccc1O. The summed E-state index contributed by atoms with van der Waals surface area (Å²) < 4.78 is 0. The predicted octanol–water partition coefficient (Wildman–Crippen LogP) is 2.06. The Morgan fingerprint density at radius 3 is 2.67 bits per heavy atom. The summed E-state index contributed by atoms with van der Waals surface area (Å²) in [6.45, 7) is 2.31. The summed E-state index contributed by atoms with van der Waals surface area (Å²) in [5, 5.41) is 9.63. The maximum atomic E-state index is 11.6. The maximum absolute atomic E-state index is 11.6. The summed E-state index contributed by atoms with van der Waals surface area (Å²) >= 11 is 4.10. The van der Waals surface area contributed by atoms with Crippen LogP contribution in [0.25, 0.3) is 0 Å². The van der Waals surface area contributed by atoms with Gasteiger partial charge in [0.15, 0.2) is 0 Å². The minimum Gasteiger partial charge on any atom is -0.506 e. The van der Waals surface area contributed by atoms with E-state index in [1.54, 1.807) is 36.1 Å². The van der Waals surface area contributed by atoms with Crippen molar-refractivity contribution >= 4 is 24.2 Å². The van der Waals surface area contributed by atoms with Gasteiger partial charge in [-0.25, -0.2) is 0 Å². The van der Waals surface area contributed by atoms with Crippen LogP contribution in [0.2, 0.25) is 0 Å². The molecular formula is C11H15NO2S. The molecule has 4 heteroatoms. The van der Waals surface area contributed by atoms with Crippen LogP contribution < -0.4 is 4.90 Å². The topological polar surface area (TPSA) is 40.5 Å². The molecule has 0 bridgehead atoms. The van der Waals surface area contributed by atoms with Crippen LogP contribution in [0.3, 0.4) is 0 Å². The first-order chi connectivity index (χ1) is 7.20. The van der Waals surface area contributed by atoms with E-state index >= 15 is 0 Å². The first-order valence-corrected chi connectivity index (χ1v) is 5.53. The summed E-state index contributed by atoms with van der Waals surface area (Å²) in [6, 6.07) is 6.83. The molecule has 1 aromatic rings. The minimum atomic E-state index is -0.00875. The second-order valence-corrected chi connectivity index (χ2v) is 3.56. The molecule has 0 unspecified atom stereocenters. The van der Waals surface area contributed by atoms with Gasteiger partial charge < -0.3 is 10.0 Å². The number of nitrogens with zero attached hydrogens (tertiary/aromatic N) is 1. The fourth-order valence-electron chi connectivity index (χ4n) is 1.36. The number of phenolic OH excluding ortho intramolecular Hbond substituents is 1. The molecular weight excluding hydrogens is 210 g/mol. The van der Waals surface area contributed by atoms with Crippen molar-refractivity contribution in [1.29, 1.82) is 0 Å². The van der Waals surface area contributed by atoms with E-state index in [4.69, 9.17) is 0 Å². The van der Waals surface area contributed by atoms with E-state index < -0.39 is 0 Å². The van der Waals surface area contributed by atoms with Crippen molar-refractivity contribution < 1.29 is 9.90 Å². The molecule has 1 rings (SSSR count). The highest BCUT2D eigenvalue weighted by atomic mass is 32.1. The normalized spacial score (nSPS) is 10.0. The molecule has 3 nitrogen and oxygen atoms in total. The Morgan fingerprint density at radius 1 is 1.47 bits per heavy atom. The van der Waals surface area contributed by atoms with Crippen molar-refractivity contribution in [1.82, 2.24) is 0 Å². The van der Waals surface area contributed by atoms with Crippen molar-refractivity contribution in [3.8, 4) is 5.75 Å². The highest BCUT2D eigenvalue weighted by molar-refractivity contribution is 7.80. The van der Waals surface area contributed by atoms with Crippen molar-refractivity contribution in [2.75, 3.05) is 17.2 Å². The minimum absolute atomic E-state index is 0.00875. The van der Waals surface area contributed by atoms with Crippen LogP contribution in [0, 0.1) is 0 Å². The number of benzene rings is 1. The summed E-state index contributed by atoms with van der Waals surface area (Å²) in [4.78, 5) is 13.2. The van der Waals surface area contributed by atoms with Crippen LogP contribution in [-0.2, 0) is 4.79 Å². The lowest BCUT2D eigenvalue weighted by Crippen LogP contribution is -2.32. The standard InChI is InChI=1S/C11H15NO2S/c1-2-11(14)12(7-8-15)9-5-3-4-6-10(9)13/h3-6,13,15H,2,7-8H2,1H3. The summed E-state index contributed by atoms with van der Waals surface area (Å²) in [5.41, 5.74) is 0.554. The van der Waals surface area contributed by atoms with Gasteiger partial charge in [-0.15, -0.1) is 0 Å². The Hall–Kier alpha value is -1.16. The first kappa shape index (κ1) is 11.9. The van der Waals surface area contributed by atoms with Gasteiger partial charge in [0.1, 0.15) is 5.75 Å². The van der Waals surface area contributed by atoms with Gasteiger partial charge in [0.05, 0.1) is 5.69 Å². The summed E-state index contributed by atoms with van der Waals surface area (Å²) in [6.07, 6.45) is 0.419. The van der Waals surface area contributed by atoms with E-state index in [0.717, 1.165) is 0 Å². The van der Waals surface area contributed by atoms with Gasteiger partial charge in [0.25, 0.3) is 0 Å². The van der Waals surface area contributed by atoms with Gasteiger partial charge >= 0.3 is 0 Å². The molecule has 1 amide bonds. The molecule has 1 aromatic carbocycles. The number of para-hydroxylation sites is 2. The van der Waals surface area contributed by atoms with Gasteiger partial charge in [-0.05, 0) is 12.1 Å². The molecule has 0 aliphatic rings. The van der Waals surface area contributed by atoms with Crippen LogP contribution in [0.5, 0.6) is 5.75 Å². The van der Waals surface area contributed by atoms with Gasteiger partial charge in [0, 0.05) is 18.7 Å². The lowest BCUT2D eigenvalue weighted by atomic mass is 10.2. The quantitative estimate of drug-likeness (QED) is 0.770. The zero-order valence-electron chi connectivity index (χ0n) is 8.68. The number of phenols is 1. The molecule has 0 fully saturated rings. The molecule has 0 spiro atoms. The molecule has 1 N–H and O–H groups in total. The maximum Gasteiger partial charge on any atom is 0.226 e. The van der Waals surface area contributed by atoms with E-state index in [2.05, 4.69) is 12.6 Å². The molecule has 15 heavy (non-hydrogen) atoms. The second-order valence-electron chi connectivity index (χ2n) is 3.11. The van der Waals surface area contributed by atoms with E-state index in [1.165, 1.54) is 0 Å².